The van der Waals surface area contributed by atoms with Crippen LogP contribution < -0.4 is 15.7 Å². The van der Waals surface area contributed by atoms with Gasteiger partial charge in [0.05, 0.1) is 35.4 Å². The minimum atomic E-state index is -3.85. The number of amidine groups is 1. The first-order chi connectivity index (χ1) is 15.2. The number of carbonyl (C=O) groups excluding carboxylic acids is 1. The zero-order valence-electron chi connectivity index (χ0n) is 17.4. The molecule has 32 heavy (non-hydrogen) atoms. The molecule has 2 heterocycles. The third-order valence-corrected chi connectivity index (χ3v) is 6.63. The van der Waals surface area contributed by atoms with E-state index in [0.29, 0.717) is 31.4 Å². The Labute approximate surface area is 186 Å². The van der Waals surface area contributed by atoms with Gasteiger partial charge >= 0.3 is 0 Å². The van der Waals surface area contributed by atoms with Crippen molar-refractivity contribution in [2.45, 2.75) is 29.9 Å². The van der Waals surface area contributed by atoms with Crippen LogP contribution in [0.3, 0.4) is 0 Å². The van der Waals surface area contributed by atoms with Gasteiger partial charge in [-0.1, -0.05) is 42.5 Å². The highest BCUT2D eigenvalue weighted by atomic mass is 32.2. The molecule has 0 aliphatic carbocycles. The van der Waals surface area contributed by atoms with Crippen LogP contribution in [0.4, 0.5) is 0 Å². The highest BCUT2D eigenvalue weighted by Crippen LogP contribution is 2.23. The molecule has 0 bridgehead atoms. The molecule has 172 valence electrons. The predicted molar refractivity (Wildman–Crippen MR) is 119 cm³/mol. The summed E-state index contributed by atoms with van der Waals surface area (Å²) >= 11 is 0. The summed E-state index contributed by atoms with van der Waals surface area (Å²) < 4.78 is 23.7. The summed E-state index contributed by atoms with van der Waals surface area (Å²) in [4.78, 5) is 14.7. The van der Waals surface area contributed by atoms with E-state index in [1.165, 1.54) is 6.07 Å². The van der Waals surface area contributed by atoms with Gasteiger partial charge in [0.15, 0.2) is 9.84 Å². The summed E-state index contributed by atoms with van der Waals surface area (Å²) in [5, 5.41) is 36.5. The molecule has 2 atom stereocenters. The van der Waals surface area contributed by atoms with Crippen LogP contribution in [0.25, 0.3) is 10.8 Å². The minimum Gasteiger partial charge on any atom is -0.549 e. The molecule has 10 heteroatoms. The normalized spacial score (nSPS) is 20.7. The Kier molecular flexibility index (Phi) is 7.84. The number of aliphatic carboxylic acids is 1. The molecule has 9 nitrogen and oxygen atoms in total. The maximum atomic E-state index is 11.8. The van der Waals surface area contributed by atoms with Gasteiger partial charge in [-0.3, -0.25) is 4.99 Å². The Hall–Kier alpha value is -2.95. The number of nitrogens with zero attached hydrogens (tertiary/aromatic N) is 1. The molecule has 0 saturated heterocycles. The minimum absolute atomic E-state index is 0.0276. The summed E-state index contributed by atoms with van der Waals surface area (Å²) in [7, 11) is -3.85. The molecule has 0 fully saturated rings. The first-order valence-corrected chi connectivity index (χ1v) is 11.9. The SMILES string of the molecule is O=C([O-])CS(=O)(=O)c1cccc2ccccc12.OC1CC=C(CC2=NCC(O)CN2)NC1. The standard InChI is InChI=1S/C12H10O4S.C10H17N3O2/c13-12(14)8-17(15,16)11-7-3-5-9-4-1-2-6-10(9)11;14-8-2-1-7(11-4-8)3-10-12-5-9(15)6-13-10/h1-7H,8H2,(H,13,14);1,8-9,11,14-15H,2-6H2,(H,12,13)/p-1. The average Bonchev–Trinajstić information content (AvgIpc) is 2.76. The number of benzene rings is 2. The summed E-state index contributed by atoms with van der Waals surface area (Å²) in [6, 6.07) is 11.7. The molecule has 4 rings (SSSR count). The Balaban J connectivity index is 0.000000182. The zero-order valence-corrected chi connectivity index (χ0v) is 18.2. The van der Waals surface area contributed by atoms with E-state index in [1.807, 2.05) is 6.08 Å². The van der Waals surface area contributed by atoms with Gasteiger partial charge < -0.3 is 30.7 Å². The number of aliphatic hydroxyl groups excluding tert-OH is 2. The molecule has 0 amide bonds. The summed E-state index contributed by atoms with van der Waals surface area (Å²) in [5.41, 5.74) is 1.10. The quantitative estimate of drug-likeness (QED) is 0.459. The lowest BCUT2D eigenvalue weighted by Gasteiger charge is -2.23. The van der Waals surface area contributed by atoms with Gasteiger partial charge in [-0.05, 0) is 17.9 Å². The monoisotopic (exact) mass is 460 g/mol. The van der Waals surface area contributed by atoms with Crippen molar-refractivity contribution in [3.05, 3.63) is 54.2 Å². The van der Waals surface area contributed by atoms with E-state index in [0.717, 1.165) is 23.3 Å². The molecule has 2 aliphatic rings. The van der Waals surface area contributed by atoms with Crippen molar-refractivity contribution in [2.75, 3.05) is 25.4 Å². The summed E-state index contributed by atoms with van der Waals surface area (Å²) in [6.45, 7) is 1.68. The van der Waals surface area contributed by atoms with E-state index in [2.05, 4.69) is 15.6 Å². The van der Waals surface area contributed by atoms with Crippen molar-refractivity contribution >= 4 is 32.4 Å². The number of carboxylic acids is 1. The topological polar surface area (TPSA) is 151 Å². The van der Waals surface area contributed by atoms with E-state index in [-0.39, 0.29) is 17.1 Å². The molecule has 0 aromatic heterocycles. The van der Waals surface area contributed by atoms with Crippen LogP contribution in [-0.2, 0) is 14.6 Å². The fourth-order valence-electron chi connectivity index (χ4n) is 3.39. The van der Waals surface area contributed by atoms with Crippen molar-refractivity contribution in [3.63, 3.8) is 0 Å². The van der Waals surface area contributed by atoms with Crippen LogP contribution in [0.2, 0.25) is 0 Å². The maximum absolute atomic E-state index is 11.8. The molecule has 4 N–H and O–H groups in total. The largest absolute Gasteiger partial charge is 0.549 e. The number of carboxylic acid groups (broad SMARTS) is 1. The van der Waals surface area contributed by atoms with Gasteiger partial charge in [0.1, 0.15) is 5.84 Å². The van der Waals surface area contributed by atoms with Gasteiger partial charge in [0.2, 0.25) is 0 Å². The van der Waals surface area contributed by atoms with Gasteiger partial charge in [0, 0.05) is 30.6 Å². The number of hydrogen-bond acceptors (Lipinski definition) is 9. The second kappa shape index (κ2) is 10.6. The van der Waals surface area contributed by atoms with E-state index in [4.69, 9.17) is 0 Å². The molecule has 0 radical (unpaired) electrons. The third-order valence-electron chi connectivity index (χ3n) is 4.99. The Bertz CT molecular complexity index is 1100. The number of β-amino-alcohol motifs (C(OH)–C–C–N with tert-alkyl or cyclic N) is 2. The number of fused-ring (bicyclic) bond motifs is 1. The first-order valence-electron chi connectivity index (χ1n) is 10.2. The highest BCUT2D eigenvalue weighted by Gasteiger charge is 2.17. The van der Waals surface area contributed by atoms with Crippen LogP contribution in [0.1, 0.15) is 12.8 Å². The molecule has 0 saturated carbocycles. The first kappa shape index (κ1) is 23.7. The summed E-state index contributed by atoms with van der Waals surface area (Å²) in [6.07, 6.45) is 2.82. The Morgan fingerprint density at radius 3 is 2.44 bits per heavy atom. The molecule has 2 aliphatic heterocycles. The third kappa shape index (κ3) is 6.52. The number of nitrogens with one attached hydrogen (secondary N) is 2. The van der Waals surface area contributed by atoms with Crippen LogP contribution >= 0.6 is 0 Å². The number of aliphatic imine (C=N–C) groups is 1. The fourth-order valence-corrected chi connectivity index (χ4v) is 4.66. The average molecular weight is 461 g/mol. The van der Waals surface area contributed by atoms with E-state index in [1.54, 1.807) is 36.4 Å². The van der Waals surface area contributed by atoms with Gasteiger partial charge in [-0.25, -0.2) is 8.42 Å². The Morgan fingerprint density at radius 1 is 1.06 bits per heavy atom. The van der Waals surface area contributed by atoms with E-state index in [9.17, 15) is 28.5 Å². The lowest BCUT2D eigenvalue weighted by Crippen LogP contribution is -2.40. The molecule has 2 aromatic carbocycles. The molecule has 2 unspecified atom stereocenters. The fraction of sp³-hybridized carbons (Fsp3) is 0.364. The number of hydrogen-bond donors (Lipinski definition) is 4. The van der Waals surface area contributed by atoms with Crippen molar-refractivity contribution < 1.29 is 28.5 Å². The van der Waals surface area contributed by atoms with Gasteiger partial charge in [0.25, 0.3) is 0 Å². The molecule has 0 spiro atoms. The number of aliphatic hydroxyl groups is 2. The number of sulfone groups is 1. The molecular formula is C22H26N3O6S-. The highest BCUT2D eigenvalue weighted by molar-refractivity contribution is 7.92. The van der Waals surface area contributed by atoms with Crippen molar-refractivity contribution in [1.82, 2.24) is 10.6 Å². The van der Waals surface area contributed by atoms with Crippen molar-refractivity contribution in [3.8, 4) is 0 Å². The van der Waals surface area contributed by atoms with E-state index >= 15 is 0 Å². The number of rotatable bonds is 5. The van der Waals surface area contributed by atoms with Gasteiger partial charge in [-0.15, -0.1) is 0 Å². The lowest BCUT2D eigenvalue weighted by molar-refractivity contribution is -0.301. The van der Waals surface area contributed by atoms with E-state index < -0.39 is 21.6 Å². The summed E-state index contributed by atoms with van der Waals surface area (Å²) in [5.74, 6) is -1.69. The maximum Gasteiger partial charge on any atom is 0.184 e. The smallest absolute Gasteiger partial charge is 0.184 e. The van der Waals surface area contributed by atoms with Gasteiger partial charge in [-0.2, -0.15) is 0 Å². The molecular weight excluding hydrogens is 434 g/mol. The zero-order chi connectivity index (χ0) is 23.1. The second-order valence-electron chi connectivity index (χ2n) is 7.61. The van der Waals surface area contributed by atoms with Crippen LogP contribution in [0, 0.1) is 0 Å². The second-order valence-corrected chi connectivity index (χ2v) is 9.57. The van der Waals surface area contributed by atoms with Crippen molar-refractivity contribution in [1.29, 1.82) is 0 Å². The Morgan fingerprint density at radius 2 is 1.78 bits per heavy atom. The van der Waals surface area contributed by atoms with Crippen molar-refractivity contribution in [2.24, 2.45) is 4.99 Å². The molecule has 2 aromatic rings. The number of carbonyl (C=O) groups is 1. The van der Waals surface area contributed by atoms with Crippen LogP contribution in [0.5, 0.6) is 0 Å². The lowest BCUT2D eigenvalue weighted by atomic mass is 10.1. The van der Waals surface area contributed by atoms with Crippen LogP contribution in [0.15, 0.2) is 64.1 Å². The predicted octanol–water partition coefficient (Wildman–Crippen LogP) is -0.659. The van der Waals surface area contributed by atoms with Crippen LogP contribution in [-0.4, -0.2) is 68.0 Å².